The number of aromatic nitrogens is 3. The molecule has 0 atom stereocenters. The van der Waals surface area contributed by atoms with Crippen molar-refractivity contribution in [1.29, 1.82) is 0 Å². The van der Waals surface area contributed by atoms with E-state index in [1.54, 1.807) is 0 Å². The Kier molecular flexibility index (Phi) is 5.59. The van der Waals surface area contributed by atoms with Crippen LogP contribution in [-0.2, 0) is 22.7 Å². The number of carboxylic acid groups (broad SMARTS) is 1. The van der Waals surface area contributed by atoms with Crippen LogP contribution in [0.5, 0.6) is 0 Å². The van der Waals surface area contributed by atoms with Gasteiger partial charge in [0.1, 0.15) is 0 Å². The van der Waals surface area contributed by atoms with Crippen molar-refractivity contribution in [2.45, 2.75) is 19.6 Å². The zero-order valence-electron chi connectivity index (χ0n) is 11.0. The van der Waals surface area contributed by atoms with Crippen molar-refractivity contribution < 1.29 is 24.2 Å². The zero-order valence-corrected chi connectivity index (χ0v) is 11.0. The monoisotopic (exact) mass is 285 g/mol. The van der Waals surface area contributed by atoms with Crippen LogP contribution in [0.25, 0.3) is 0 Å². The lowest BCUT2D eigenvalue weighted by molar-refractivity contribution is -0.120. The van der Waals surface area contributed by atoms with Crippen LogP contribution in [0, 0.1) is 0 Å². The van der Waals surface area contributed by atoms with Gasteiger partial charge in [0.05, 0.1) is 18.8 Å². The number of ether oxygens (including phenoxy) is 1. The predicted octanol–water partition coefficient (Wildman–Crippen LogP) is -1.03. The van der Waals surface area contributed by atoms with Crippen LogP contribution in [-0.4, -0.2) is 52.2 Å². The molecule has 0 bridgehead atoms. The molecular formula is C10H15N5O5. The molecule has 10 heteroatoms. The van der Waals surface area contributed by atoms with Gasteiger partial charge in [0.2, 0.25) is 5.91 Å². The largest absolute Gasteiger partial charge is 0.476 e. The first-order valence-corrected chi connectivity index (χ1v) is 5.65. The molecule has 0 aromatic carbocycles. The lowest BCUT2D eigenvalue weighted by Crippen LogP contribution is -2.37. The molecule has 0 aliphatic rings. The van der Waals surface area contributed by atoms with Gasteiger partial charge in [0.15, 0.2) is 5.69 Å². The fourth-order valence-corrected chi connectivity index (χ4v) is 1.42. The molecule has 0 saturated carbocycles. The summed E-state index contributed by atoms with van der Waals surface area (Å²) >= 11 is 0. The third kappa shape index (κ3) is 4.02. The number of hydrogen-bond acceptors (Lipinski definition) is 6. The normalized spacial score (nSPS) is 10.1. The van der Waals surface area contributed by atoms with Crippen molar-refractivity contribution in [3.8, 4) is 0 Å². The molecule has 1 rings (SSSR count). The number of hydrogen-bond donors (Lipinski definition) is 3. The number of carboxylic acids is 1. The summed E-state index contributed by atoms with van der Waals surface area (Å²) in [5.74, 6) is -1.74. The standard InChI is InChI=1S/C10H15N5O5/c1-11-10(19)12-7(16)3-4-15-6(5-20-2)8(9(17)18)13-14-15/h3-5H2,1-2H3,(H,17,18)(H2,11,12,16,19). The number of urea groups is 1. The maximum atomic E-state index is 11.4. The molecule has 1 heterocycles. The van der Waals surface area contributed by atoms with Crippen molar-refractivity contribution in [3.63, 3.8) is 0 Å². The first kappa shape index (κ1) is 15.6. The van der Waals surface area contributed by atoms with Gasteiger partial charge in [-0.05, 0) is 0 Å². The van der Waals surface area contributed by atoms with Gasteiger partial charge in [-0.2, -0.15) is 0 Å². The van der Waals surface area contributed by atoms with E-state index in [0.29, 0.717) is 0 Å². The van der Waals surface area contributed by atoms with Crippen LogP contribution in [0.2, 0.25) is 0 Å². The quantitative estimate of drug-likeness (QED) is 0.608. The number of nitrogens with zero attached hydrogens (tertiary/aromatic N) is 3. The Morgan fingerprint density at radius 2 is 2.10 bits per heavy atom. The molecule has 20 heavy (non-hydrogen) atoms. The summed E-state index contributed by atoms with van der Waals surface area (Å²) in [7, 11) is 2.79. The minimum Gasteiger partial charge on any atom is -0.476 e. The Labute approximate surface area is 114 Å². The number of aromatic carboxylic acids is 1. The fourth-order valence-electron chi connectivity index (χ4n) is 1.42. The predicted molar refractivity (Wildman–Crippen MR) is 64.9 cm³/mol. The second kappa shape index (κ2) is 7.19. The third-order valence-electron chi connectivity index (χ3n) is 2.35. The van der Waals surface area contributed by atoms with Gasteiger partial charge < -0.3 is 15.2 Å². The number of nitrogens with one attached hydrogen (secondary N) is 2. The molecule has 1 aromatic rings. The lowest BCUT2D eigenvalue weighted by atomic mass is 10.3. The van der Waals surface area contributed by atoms with Gasteiger partial charge in [-0.3, -0.25) is 10.1 Å². The van der Waals surface area contributed by atoms with E-state index in [1.807, 2.05) is 0 Å². The number of carbonyl (C=O) groups is 3. The van der Waals surface area contributed by atoms with E-state index in [2.05, 4.69) is 20.9 Å². The molecule has 0 aliphatic carbocycles. The van der Waals surface area contributed by atoms with Gasteiger partial charge >= 0.3 is 12.0 Å². The SMILES string of the molecule is CNC(=O)NC(=O)CCn1nnc(C(=O)O)c1COC. The van der Waals surface area contributed by atoms with E-state index in [4.69, 9.17) is 9.84 Å². The summed E-state index contributed by atoms with van der Waals surface area (Å²) in [6, 6.07) is -0.614. The molecule has 0 spiro atoms. The fraction of sp³-hybridized carbons (Fsp3) is 0.500. The molecule has 0 aliphatic heterocycles. The number of rotatable bonds is 6. The van der Waals surface area contributed by atoms with Crippen LogP contribution in [0.1, 0.15) is 22.6 Å². The molecule has 3 N–H and O–H groups in total. The maximum Gasteiger partial charge on any atom is 0.358 e. The summed E-state index contributed by atoms with van der Waals surface area (Å²) in [6.07, 6.45) is -0.0491. The Hall–Kier alpha value is -2.49. The van der Waals surface area contributed by atoms with Crippen LogP contribution < -0.4 is 10.6 Å². The molecule has 3 amide bonds. The first-order valence-electron chi connectivity index (χ1n) is 5.65. The highest BCUT2D eigenvalue weighted by atomic mass is 16.5. The number of carbonyl (C=O) groups excluding carboxylic acids is 2. The van der Waals surface area contributed by atoms with Crippen molar-refractivity contribution in [2.24, 2.45) is 0 Å². The van der Waals surface area contributed by atoms with Crippen molar-refractivity contribution in [2.75, 3.05) is 14.2 Å². The lowest BCUT2D eigenvalue weighted by Gasteiger charge is -2.06. The number of methoxy groups -OCH3 is 1. The Morgan fingerprint density at radius 1 is 1.40 bits per heavy atom. The van der Waals surface area contributed by atoms with E-state index in [1.165, 1.54) is 18.8 Å². The van der Waals surface area contributed by atoms with E-state index in [9.17, 15) is 14.4 Å². The van der Waals surface area contributed by atoms with Gasteiger partial charge in [-0.1, -0.05) is 5.21 Å². The van der Waals surface area contributed by atoms with E-state index < -0.39 is 17.9 Å². The van der Waals surface area contributed by atoms with Crippen molar-refractivity contribution >= 4 is 17.9 Å². The zero-order chi connectivity index (χ0) is 15.1. The number of imide groups is 1. The molecule has 0 radical (unpaired) electrons. The second-order valence-electron chi connectivity index (χ2n) is 3.72. The molecule has 10 nitrogen and oxygen atoms in total. The second-order valence-corrected chi connectivity index (χ2v) is 3.72. The molecule has 0 unspecified atom stereocenters. The molecular weight excluding hydrogens is 270 g/mol. The minimum atomic E-state index is -1.22. The van der Waals surface area contributed by atoms with Gasteiger partial charge in [0, 0.05) is 20.6 Å². The molecule has 0 fully saturated rings. The van der Waals surface area contributed by atoms with Gasteiger partial charge in [0.25, 0.3) is 0 Å². The Balaban J connectivity index is 2.70. The Bertz CT molecular complexity index is 512. The van der Waals surface area contributed by atoms with Gasteiger partial charge in [-0.25, -0.2) is 14.3 Å². The summed E-state index contributed by atoms with van der Waals surface area (Å²) in [5, 5.41) is 20.4. The minimum absolute atomic E-state index is 0.00565. The highest BCUT2D eigenvalue weighted by Gasteiger charge is 2.19. The average Bonchev–Trinajstić information content (AvgIpc) is 2.80. The third-order valence-corrected chi connectivity index (χ3v) is 2.35. The summed E-state index contributed by atoms with van der Waals surface area (Å²) in [4.78, 5) is 33.3. The molecule has 1 aromatic heterocycles. The highest BCUT2D eigenvalue weighted by Crippen LogP contribution is 2.07. The number of amides is 3. The smallest absolute Gasteiger partial charge is 0.358 e. The molecule has 0 saturated heterocycles. The summed E-state index contributed by atoms with van der Waals surface area (Å²) in [5.41, 5.74) is 0.0336. The van der Waals surface area contributed by atoms with E-state index in [0.717, 1.165) is 0 Å². The van der Waals surface area contributed by atoms with Crippen LogP contribution in [0.3, 0.4) is 0 Å². The van der Waals surface area contributed by atoms with Crippen molar-refractivity contribution in [1.82, 2.24) is 25.6 Å². The van der Waals surface area contributed by atoms with Crippen LogP contribution in [0.4, 0.5) is 4.79 Å². The van der Waals surface area contributed by atoms with Crippen molar-refractivity contribution in [3.05, 3.63) is 11.4 Å². The van der Waals surface area contributed by atoms with Crippen LogP contribution in [0.15, 0.2) is 0 Å². The first-order chi connectivity index (χ1) is 9.49. The average molecular weight is 285 g/mol. The number of aryl methyl sites for hydroxylation is 1. The van der Waals surface area contributed by atoms with E-state index >= 15 is 0 Å². The topological polar surface area (TPSA) is 135 Å². The summed E-state index contributed by atoms with van der Waals surface area (Å²) in [6.45, 7) is 0.0908. The Morgan fingerprint density at radius 3 is 2.65 bits per heavy atom. The van der Waals surface area contributed by atoms with Gasteiger partial charge in [-0.15, -0.1) is 5.10 Å². The summed E-state index contributed by atoms with van der Waals surface area (Å²) < 4.78 is 6.14. The molecule has 110 valence electrons. The highest BCUT2D eigenvalue weighted by molar-refractivity contribution is 5.94. The van der Waals surface area contributed by atoms with E-state index in [-0.39, 0.29) is 31.0 Å². The van der Waals surface area contributed by atoms with Crippen LogP contribution >= 0.6 is 0 Å². The maximum absolute atomic E-state index is 11.4.